The number of carbonyl (C=O) groups is 1. The number of thiocarbonyl (C=S) groups is 1. The van der Waals surface area contributed by atoms with Crippen molar-refractivity contribution in [2.75, 3.05) is 18.9 Å². The van der Waals surface area contributed by atoms with Gasteiger partial charge in [-0.2, -0.15) is 0 Å². The number of hydrogen-bond acceptors (Lipinski definition) is 3. The van der Waals surface area contributed by atoms with Crippen molar-refractivity contribution in [3.05, 3.63) is 29.3 Å². The molecule has 0 aliphatic carbocycles. The second kappa shape index (κ2) is 5.53. The molecule has 4 nitrogen and oxygen atoms in total. The summed E-state index contributed by atoms with van der Waals surface area (Å²) in [5, 5.41) is 4.80. The van der Waals surface area contributed by atoms with E-state index < -0.39 is 11.6 Å². The molecule has 0 atom stereocenters. The average Bonchev–Trinajstić information content (AvgIpc) is 2.30. The van der Waals surface area contributed by atoms with Gasteiger partial charge in [0.05, 0.1) is 12.2 Å². The smallest absolute Gasteiger partial charge is 0.239 e. The molecule has 4 N–H and O–H groups in total. The van der Waals surface area contributed by atoms with Crippen molar-refractivity contribution in [2.45, 2.75) is 0 Å². The summed E-state index contributed by atoms with van der Waals surface area (Å²) in [6, 6.07) is 2.53. The van der Waals surface area contributed by atoms with Gasteiger partial charge in [0.15, 0.2) is 11.6 Å². The third-order valence-electron chi connectivity index (χ3n) is 2.07. The summed E-state index contributed by atoms with van der Waals surface area (Å²) in [6.45, 7) is -0.153. The fourth-order valence-electron chi connectivity index (χ4n) is 1.14. The molecule has 17 heavy (non-hydrogen) atoms. The van der Waals surface area contributed by atoms with Gasteiger partial charge in [0.2, 0.25) is 5.91 Å². The topological polar surface area (TPSA) is 67.2 Å². The number of nitrogens with one attached hydrogen (secondary N) is 2. The van der Waals surface area contributed by atoms with Crippen molar-refractivity contribution in [2.24, 2.45) is 5.73 Å². The lowest BCUT2D eigenvalue weighted by Crippen LogP contribution is -2.26. The van der Waals surface area contributed by atoms with Crippen molar-refractivity contribution in [3.8, 4) is 0 Å². The van der Waals surface area contributed by atoms with E-state index in [0.29, 0.717) is 0 Å². The van der Waals surface area contributed by atoms with Crippen LogP contribution < -0.4 is 16.4 Å². The predicted molar refractivity (Wildman–Crippen MR) is 64.8 cm³/mol. The molecule has 0 saturated carbocycles. The SMILES string of the molecule is CNC(=O)CNc1ccc(C(N)=S)c(F)c1F. The quantitative estimate of drug-likeness (QED) is 0.698. The Morgan fingerprint density at radius 3 is 2.59 bits per heavy atom. The summed E-state index contributed by atoms with van der Waals surface area (Å²) >= 11 is 4.56. The van der Waals surface area contributed by atoms with Crippen LogP contribution in [-0.4, -0.2) is 24.5 Å². The number of benzene rings is 1. The Labute approximate surface area is 102 Å². The highest BCUT2D eigenvalue weighted by Crippen LogP contribution is 2.20. The highest BCUT2D eigenvalue weighted by Gasteiger charge is 2.15. The summed E-state index contributed by atoms with van der Waals surface area (Å²) in [4.78, 5) is 10.7. The van der Waals surface area contributed by atoms with Crippen LogP contribution in [0.4, 0.5) is 14.5 Å². The summed E-state index contributed by atoms with van der Waals surface area (Å²) in [6.07, 6.45) is 0. The minimum Gasteiger partial charge on any atom is -0.389 e. The van der Waals surface area contributed by atoms with Crippen LogP contribution in [0.1, 0.15) is 5.56 Å². The lowest BCUT2D eigenvalue weighted by molar-refractivity contribution is -0.118. The first-order chi connectivity index (χ1) is 7.97. The fourth-order valence-corrected chi connectivity index (χ4v) is 1.30. The zero-order valence-corrected chi connectivity index (χ0v) is 9.83. The van der Waals surface area contributed by atoms with Gasteiger partial charge in [-0.15, -0.1) is 0 Å². The van der Waals surface area contributed by atoms with E-state index in [1.807, 2.05) is 0 Å². The number of carbonyl (C=O) groups excluding carboxylic acids is 1. The van der Waals surface area contributed by atoms with E-state index in [1.165, 1.54) is 19.2 Å². The molecule has 0 radical (unpaired) electrons. The summed E-state index contributed by atoms with van der Waals surface area (Å²) in [5.74, 6) is -2.58. The maximum atomic E-state index is 13.5. The van der Waals surface area contributed by atoms with Gasteiger partial charge in [-0.05, 0) is 12.1 Å². The molecule has 92 valence electrons. The number of nitrogens with two attached hydrogens (primary N) is 1. The second-order valence-electron chi connectivity index (χ2n) is 3.18. The van der Waals surface area contributed by atoms with E-state index in [2.05, 4.69) is 22.9 Å². The van der Waals surface area contributed by atoms with E-state index in [0.717, 1.165) is 0 Å². The largest absolute Gasteiger partial charge is 0.389 e. The third kappa shape index (κ3) is 3.10. The van der Waals surface area contributed by atoms with Gasteiger partial charge >= 0.3 is 0 Å². The number of halogens is 2. The molecule has 0 aliphatic rings. The summed E-state index contributed by atoms with van der Waals surface area (Å²) in [5.41, 5.74) is 4.93. The van der Waals surface area contributed by atoms with Gasteiger partial charge in [0.1, 0.15) is 4.99 Å². The minimum atomic E-state index is -1.13. The van der Waals surface area contributed by atoms with E-state index >= 15 is 0 Å². The first-order valence-corrected chi connectivity index (χ1v) is 5.10. The molecule has 0 aliphatic heterocycles. The van der Waals surface area contributed by atoms with Crippen LogP contribution in [0.5, 0.6) is 0 Å². The first kappa shape index (κ1) is 13.3. The van der Waals surface area contributed by atoms with Crippen LogP contribution in [0, 0.1) is 11.6 Å². The molecule has 0 fully saturated rings. The van der Waals surface area contributed by atoms with Crippen molar-refractivity contribution in [1.82, 2.24) is 5.32 Å². The lowest BCUT2D eigenvalue weighted by Gasteiger charge is -2.09. The summed E-state index contributed by atoms with van der Waals surface area (Å²) in [7, 11) is 1.44. The van der Waals surface area contributed by atoms with E-state index in [4.69, 9.17) is 5.73 Å². The monoisotopic (exact) mass is 259 g/mol. The van der Waals surface area contributed by atoms with Gasteiger partial charge in [0.25, 0.3) is 0 Å². The molecule has 1 aromatic rings. The van der Waals surface area contributed by atoms with Crippen LogP contribution in [-0.2, 0) is 4.79 Å². The first-order valence-electron chi connectivity index (χ1n) is 4.69. The number of hydrogen-bond donors (Lipinski definition) is 3. The molecule has 0 spiro atoms. The Balaban J connectivity index is 2.93. The molecular weight excluding hydrogens is 248 g/mol. The standard InChI is InChI=1S/C10H11F2N3OS/c1-14-7(16)4-15-6-3-2-5(10(13)17)8(11)9(6)12/h2-3,15H,4H2,1H3,(H2,13,17)(H,14,16). The zero-order valence-electron chi connectivity index (χ0n) is 9.01. The molecule has 7 heteroatoms. The molecule has 0 saturated heterocycles. The van der Waals surface area contributed by atoms with Gasteiger partial charge in [-0.1, -0.05) is 12.2 Å². The average molecular weight is 259 g/mol. The normalized spacial score (nSPS) is 9.82. The van der Waals surface area contributed by atoms with Crippen molar-refractivity contribution < 1.29 is 13.6 Å². The van der Waals surface area contributed by atoms with Crippen LogP contribution in [0.25, 0.3) is 0 Å². The Hall–Kier alpha value is -1.76. The van der Waals surface area contributed by atoms with E-state index in [9.17, 15) is 13.6 Å². The number of likely N-dealkylation sites (N-methyl/N-ethyl adjacent to an activating group) is 1. The molecule has 0 aromatic heterocycles. The van der Waals surface area contributed by atoms with Gasteiger partial charge in [0, 0.05) is 12.6 Å². The molecule has 1 rings (SSSR count). The maximum Gasteiger partial charge on any atom is 0.239 e. The minimum absolute atomic E-state index is 0.119. The van der Waals surface area contributed by atoms with Crippen LogP contribution in [0.15, 0.2) is 12.1 Å². The Bertz CT molecular complexity index is 465. The Morgan fingerprint density at radius 1 is 1.41 bits per heavy atom. The van der Waals surface area contributed by atoms with E-state index in [1.54, 1.807) is 0 Å². The van der Waals surface area contributed by atoms with E-state index in [-0.39, 0.29) is 28.7 Å². The predicted octanol–water partition coefficient (Wildman–Crippen LogP) is 0.757. The molecule has 0 heterocycles. The van der Waals surface area contributed by atoms with Gasteiger partial charge in [-0.3, -0.25) is 4.79 Å². The van der Waals surface area contributed by atoms with Crippen molar-refractivity contribution in [1.29, 1.82) is 0 Å². The highest BCUT2D eigenvalue weighted by molar-refractivity contribution is 7.80. The van der Waals surface area contributed by atoms with Crippen LogP contribution in [0.3, 0.4) is 0 Å². The second-order valence-corrected chi connectivity index (χ2v) is 3.62. The molecule has 0 bridgehead atoms. The highest BCUT2D eigenvalue weighted by atomic mass is 32.1. The van der Waals surface area contributed by atoms with Crippen molar-refractivity contribution >= 4 is 28.8 Å². The molecule has 1 amide bonds. The van der Waals surface area contributed by atoms with Crippen molar-refractivity contribution in [3.63, 3.8) is 0 Å². The molecule has 1 aromatic carbocycles. The zero-order chi connectivity index (χ0) is 13.0. The third-order valence-corrected chi connectivity index (χ3v) is 2.29. The summed E-state index contributed by atoms with van der Waals surface area (Å²) < 4.78 is 26.9. The van der Waals surface area contributed by atoms with Gasteiger partial charge in [-0.25, -0.2) is 8.78 Å². The van der Waals surface area contributed by atoms with Crippen LogP contribution in [0.2, 0.25) is 0 Å². The maximum absolute atomic E-state index is 13.5. The number of amides is 1. The fraction of sp³-hybridized carbons (Fsp3) is 0.200. The van der Waals surface area contributed by atoms with Crippen LogP contribution >= 0.6 is 12.2 Å². The number of anilines is 1. The van der Waals surface area contributed by atoms with Gasteiger partial charge < -0.3 is 16.4 Å². The lowest BCUT2D eigenvalue weighted by atomic mass is 10.2. The molecule has 0 unspecified atom stereocenters. The molecular formula is C10H11F2N3OS. The Kier molecular flexibility index (Phi) is 4.33. The Morgan fingerprint density at radius 2 is 2.06 bits per heavy atom. The number of rotatable bonds is 4.